The number of hydrogen-bond acceptors (Lipinski definition) is 7. The SMILES string of the molecule is CC(OC(=O)c1cc(S(=O)(=O)N2CCCC2)ccc1Cl)C(=O)Nc1ccc2c(c1)OCO2. The van der Waals surface area contributed by atoms with E-state index in [0.717, 1.165) is 12.8 Å². The Morgan fingerprint density at radius 1 is 1.09 bits per heavy atom. The van der Waals surface area contributed by atoms with Crippen LogP contribution in [0.1, 0.15) is 30.1 Å². The summed E-state index contributed by atoms with van der Waals surface area (Å²) in [6.45, 7) is 2.37. The Bertz CT molecular complexity index is 1160. The molecular weight excluding hydrogens is 460 g/mol. The average molecular weight is 481 g/mol. The van der Waals surface area contributed by atoms with Crippen LogP contribution in [0.15, 0.2) is 41.3 Å². The maximum absolute atomic E-state index is 12.8. The molecule has 9 nitrogen and oxygen atoms in total. The van der Waals surface area contributed by atoms with Gasteiger partial charge in [0.15, 0.2) is 17.6 Å². The summed E-state index contributed by atoms with van der Waals surface area (Å²) in [4.78, 5) is 25.1. The molecule has 170 valence electrons. The average Bonchev–Trinajstić information content (AvgIpc) is 3.45. The van der Waals surface area contributed by atoms with E-state index in [-0.39, 0.29) is 22.3 Å². The monoisotopic (exact) mass is 480 g/mol. The van der Waals surface area contributed by atoms with Gasteiger partial charge < -0.3 is 19.5 Å². The second kappa shape index (κ2) is 8.97. The van der Waals surface area contributed by atoms with Crippen molar-refractivity contribution in [2.45, 2.75) is 30.8 Å². The molecule has 32 heavy (non-hydrogen) atoms. The zero-order chi connectivity index (χ0) is 22.9. The number of halogens is 1. The summed E-state index contributed by atoms with van der Waals surface area (Å²) in [5, 5.41) is 2.65. The van der Waals surface area contributed by atoms with Crippen molar-refractivity contribution in [3.05, 3.63) is 47.0 Å². The number of anilines is 1. The maximum atomic E-state index is 12.8. The molecule has 2 aromatic carbocycles. The van der Waals surface area contributed by atoms with Crippen LogP contribution in [0.2, 0.25) is 5.02 Å². The van der Waals surface area contributed by atoms with Gasteiger partial charge in [-0.25, -0.2) is 13.2 Å². The van der Waals surface area contributed by atoms with E-state index >= 15 is 0 Å². The van der Waals surface area contributed by atoms with Gasteiger partial charge in [0.25, 0.3) is 5.91 Å². The van der Waals surface area contributed by atoms with Crippen molar-refractivity contribution in [3.63, 3.8) is 0 Å². The van der Waals surface area contributed by atoms with Crippen LogP contribution in [0, 0.1) is 0 Å². The van der Waals surface area contributed by atoms with Crippen molar-refractivity contribution in [1.29, 1.82) is 0 Å². The fourth-order valence-electron chi connectivity index (χ4n) is 3.39. The van der Waals surface area contributed by atoms with Gasteiger partial charge in [-0.05, 0) is 50.1 Å². The minimum atomic E-state index is -3.74. The highest BCUT2D eigenvalue weighted by Crippen LogP contribution is 2.34. The summed E-state index contributed by atoms with van der Waals surface area (Å²) in [5.74, 6) is -0.410. The van der Waals surface area contributed by atoms with E-state index in [1.54, 1.807) is 18.2 Å². The Labute approximate surface area is 190 Å². The first-order chi connectivity index (χ1) is 15.3. The number of nitrogens with zero attached hydrogens (tertiary/aromatic N) is 1. The number of carbonyl (C=O) groups is 2. The van der Waals surface area contributed by atoms with Crippen molar-refractivity contribution in [1.82, 2.24) is 4.31 Å². The molecule has 11 heteroatoms. The summed E-state index contributed by atoms with van der Waals surface area (Å²) >= 11 is 6.11. The highest BCUT2D eigenvalue weighted by Gasteiger charge is 2.29. The Morgan fingerprint density at radius 2 is 1.81 bits per heavy atom. The summed E-state index contributed by atoms with van der Waals surface area (Å²) in [6.07, 6.45) is 0.415. The van der Waals surface area contributed by atoms with E-state index in [2.05, 4.69) is 5.32 Å². The molecule has 2 aliphatic rings. The minimum Gasteiger partial charge on any atom is -0.454 e. The molecule has 0 aromatic heterocycles. The molecule has 0 saturated carbocycles. The van der Waals surface area contributed by atoms with Crippen LogP contribution in [0.3, 0.4) is 0 Å². The van der Waals surface area contributed by atoms with Gasteiger partial charge in [-0.2, -0.15) is 4.31 Å². The molecule has 0 spiro atoms. The van der Waals surface area contributed by atoms with Crippen LogP contribution in [-0.2, 0) is 19.6 Å². The van der Waals surface area contributed by atoms with Gasteiger partial charge >= 0.3 is 5.97 Å². The quantitative estimate of drug-likeness (QED) is 0.632. The fraction of sp³-hybridized carbons (Fsp3) is 0.333. The predicted octanol–water partition coefficient (Wildman–Crippen LogP) is 3.04. The van der Waals surface area contributed by atoms with E-state index < -0.39 is 28.0 Å². The second-order valence-corrected chi connectivity index (χ2v) is 9.70. The van der Waals surface area contributed by atoms with Crippen LogP contribution in [-0.4, -0.2) is 50.6 Å². The lowest BCUT2D eigenvalue weighted by Gasteiger charge is -2.17. The van der Waals surface area contributed by atoms with E-state index in [4.69, 9.17) is 25.8 Å². The molecule has 1 unspecified atom stereocenters. The van der Waals surface area contributed by atoms with E-state index in [9.17, 15) is 18.0 Å². The molecule has 1 fully saturated rings. The van der Waals surface area contributed by atoms with E-state index in [1.807, 2.05) is 0 Å². The van der Waals surface area contributed by atoms with Crippen molar-refractivity contribution < 1.29 is 32.2 Å². The lowest BCUT2D eigenvalue weighted by Crippen LogP contribution is -2.30. The number of ether oxygens (including phenoxy) is 3. The molecule has 2 aromatic rings. The molecule has 0 aliphatic carbocycles. The van der Waals surface area contributed by atoms with Crippen molar-refractivity contribution in [2.75, 3.05) is 25.2 Å². The van der Waals surface area contributed by atoms with Crippen LogP contribution in [0.4, 0.5) is 5.69 Å². The predicted molar refractivity (Wildman–Crippen MR) is 116 cm³/mol. The Kier molecular flexibility index (Phi) is 6.27. The molecule has 4 rings (SSSR count). The maximum Gasteiger partial charge on any atom is 0.340 e. The zero-order valence-corrected chi connectivity index (χ0v) is 18.7. The Morgan fingerprint density at radius 3 is 2.56 bits per heavy atom. The topological polar surface area (TPSA) is 111 Å². The standard InChI is InChI=1S/C21H21ClN2O7S/c1-13(20(25)23-14-4-7-18-19(10-14)30-12-29-18)31-21(26)16-11-15(5-6-17(16)22)32(27,28)24-8-2-3-9-24/h4-7,10-11,13H,2-3,8-9,12H2,1H3,(H,23,25). The molecule has 2 heterocycles. The molecule has 2 aliphatic heterocycles. The highest BCUT2D eigenvalue weighted by atomic mass is 35.5. The molecule has 1 atom stereocenters. The summed E-state index contributed by atoms with van der Waals surface area (Å²) < 4.78 is 42.7. The van der Waals surface area contributed by atoms with Crippen LogP contribution >= 0.6 is 11.6 Å². The number of nitrogens with one attached hydrogen (secondary N) is 1. The lowest BCUT2D eigenvalue weighted by molar-refractivity contribution is -0.123. The Hall–Kier alpha value is -2.82. The van der Waals surface area contributed by atoms with Crippen molar-refractivity contribution in [2.24, 2.45) is 0 Å². The van der Waals surface area contributed by atoms with Gasteiger partial charge in [-0.1, -0.05) is 11.6 Å². The molecule has 0 bridgehead atoms. The third-order valence-electron chi connectivity index (χ3n) is 5.15. The lowest BCUT2D eigenvalue weighted by atomic mass is 10.2. The zero-order valence-electron chi connectivity index (χ0n) is 17.2. The molecule has 1 saturated heterocycles. The largest absolute Gasteiger partial charge is 0.454 e. The molecule has 0 radical (unpaired) electrons. The van der Waals surface area contributed by atoms with Crippen LogP contribution in [0.25, 0.3) is 0 Å². The van der Waals surface area contributed by atoms with E-state index in [1.165, 1.54) is 29.4 Å². The summed E-state index contributed by atoms with van der Waals surface area (Å²) in [5.41, 5.74) is 0.313. The normalized spacial score (nSPS) is 16.6. The second-order valence-electron chi connectivity index (χ2n) is 7.36. The van der Waals surface area contributed by atoms with Gasteiger partial charge in [-0.3, -0.25) is 4.79 Å². The molecule has 1 N–H and O–H groups in total. The summed E-state index contributed by atoms with van der Waals surface area (Å²) in [6, 6.07) is 8.74. The number of amides is 1. The van der Waals surface area contributed by atoms with Gasteiger partial charge in [0, 0.05) is 24.8 Å². The number of rotatable bonds is 6. The van der Waals surface area contributed by atoms with Gasteiger partial charge in [0.2, 0.25) is 16.8 Å². The highest BCUT2D eigenvalue weighted by molar-refractivity contribution is 7.89. The van der Waals surface area contributed by atoms with Crippen molar-refractivity contribution in [3.8, 4) is 11.5 Å². The summed E-state index contributed by atoms with van der Waals surface area (Å²) in [7, 11) is -3.74. The number of sulfonamides is 1. The van der Waals surface area contributed by atoms with Crippen LogP contribution in [0.5, 0.6) is 11.5 Å². The number of fused-ring (bicyclic) bond motifs is 1. The molecular formula is C21H21ClN2O7S. The number of benzene rings is 2. The molecule has 1 amide bonds. The first-order valence-corrected chi connectivity index (χ1v) is 11.8. The first kappa shape index (κ1) is 22.4. The smallest absolute Gasteiger partial charge is 0.340 e. The number of hydrogen-bond donors (Lipinski definition) is 1. The van der Waals surface area contributed by atoms with Crippen molar-refractivity contribution >= 4 is 39.2 Å². The Balaban J connectivity index is 1.45. The van der Waals surface area contributed by atoms with Gasteiger partial charge in [-0.15, -0.1) is 0 Å². The third kappa shape index (κ3) is 4.52. The minimum absolute atomic E-state index is 0.0266. The van der Waals surface area contributed by atoms with Crippen LogP contribution < -0.4 is 14.8 Å². The fourth-order valence-corrected chi connectivity index (χ4v) is 5.13. The van der Waals surface area contributed by atoms with E-state index in [0.29, 0.717) is 30.3 Å². The number of carbonyl (C=O) groups excluding carboxylic acids is 2. The first-order valence-electron chi connectivity index (χ1n) is 9.97. The third-order valence-corrected chi connectivity index (χ3v) is 7.38. The van der Waals surface area contributed by atoms with Gasteiger partial charge in [0.05, 0.1) is 15.5 Å². The number of esters is 1. The van der Waals surface area contributed by atoms with Gasteiger partial charge in [0.1, 0.15) is 0 Å².